The Balaban J connectivity index is 1.47. The van der Waals surface area contributed by atoms with Crippen molar-refractivity contribution in [1.82, 2.24) is 19.7 Å². The third-order valence-electron chi connectivity index (χ3n) is 6.02. The minimum Gasteiger partial charge on any atom is -0.378 e. The van der Waals surface area contributed by atoms with Crippen LogP contribution in [0.5, 0.6) is 0 Å². The van der Waals surface area contributed by atoms with E-state index in [1.165, 1.54) is 26.2 Å². The van der Waals surface area contributed by atoms with Gasteiger partial charge >= 0.3 is 0 Å². The standard InChI is InChI=1S/C28H27F3N4O3/c1-18-11-21(27(30)31)22(24(29)12-18)13-32-28(37)23-16-35(33-25(23)17-38-2)15-20-8-6-19(7-9-20)14-34-10-4-3-5-26(34)36/h3-12,16,27H,13-15,17H2,1-2H3,(H,32,37). The van der Waals surface area contributed by atoms with Gasteiger partial charge in [-0.05, 0) is 41.8 Å². The van der Waals surface area contributed by atoms with E-state index in [1.54, 1.807) is 33.8 Å². The summed E-state index contributed by atoms with van der Waals surface area (Å²) in [4.78, 5) is 24.9. The molecule has 0 aliphatic heterocycles. The molecule has 4 rings (SSSR count). The second-order valence-corrected chi connectivity index (χ2v) is 8.90. The van der Waals surface area contributed by atoms with Crippen molar-refractivity contribution < 1.29 is 22.7 Å². The fourth-order valence-corrected chi connectivity index (χ4v) is 4.14. The van der Waals surface area contributed by atoms with E-state index in [0.29, 0.717) is 24.3 Å². The molecule has 2 aromatic heterocycles. The molecule has 0 bridgehead atoms. The Kier molecular flexibility index (Phi) is 8.42. The van der Waals surface area contributed by atoms with Crippen molar-refractivity contribution in [3.8, 4) is 0 Å². The topological polar surface area (TPSA) is 78.2 Å². The maximum absolute atomic E-state index is 14.4. The van der Waals surface area contributed by atoms with E-state index in [4.69, 9.17) is 4.74 Å². The fraction of sp³-hybridized carbons (Fsp3) is 0.250. The SMILES string of the molecule is COCc1nn(Cc2ccc(Cn3ccccc3=O)cc2)cc1C(=O)NCc1c(F)cc(C)cc1C(F)F. The smallest absolute Gasteiger partial charge is 0.264 e. The third kappa shape index (κ3) is 6.38. The number of alkyl halides is 2. The van der Waals surface area contributed by atoms with Gasteiger partial charge in [0.15, 0.2) is 0 Å². The molecule has 1 amide bonds. The number of aromatic nitrogens is 3. The Morgan fingerprint density at radius 1 is 1.08 bits per heavy atom. The molecule has 0 saturated heterocycles. The molecule has 0 unspecified atom stereocenters. The predicted molar refractivity (Wildman–Crippen MR) is 136 cm³/mol. The molecule has 0 aliphatic carbocycles. The number of halogens is 3. The van der Waals surface area contributed by atoms with E-state index < -0.39 is 30.3 Å². The summed E-state index contributed by atoms with van der Waals surface area (Å²) in [6.07, 6.45) is 0.398. The number of hydrogen-bond acceptors (Lipinski definition) is 4. The molecule has 38 heavy (non-hydrogen) atoms. The molecule has 10 heteroatoms. The molecule has 2 aromatic carbocycles. The number of pyridine rings is 1. The van der Waals surface area contributed by atoms with Gasteiger partial charge in [-0.25, -0.2) is 13.2 Å². The van der Waals surface area contributed by atoms with E-state index in [0.717, 1.165) is 17.2 Å². The summed E-state index contributed by atoms with van der Waals surface area (Å²) in [7, 11) is 1.47. The quantitative estimate of drug-likeness (QED) is 0.329. The van der Waals surface area contributed by atoms with Gasteiger partial charge in [-0.15, -0.1) is 0 Å². The molecular formula is C28H27F3N4O3. The summed E-state index contributed by atoms with van der Waals surface area (Å²) in [5.41, 5.74) is 2.03. The van der Waals surface area contributed by atoms with Crippen molar-refractivity contribution in [2.75, 3.05) is 7.11 Å². The van der Waals surface area contributed by atoms with Crippen molar-refractivity contribution in [2.45, 2.75) is 39.6 Å². The number of hydrogen-bond donors (Lipinski definition) is 1. The van der Waals surface area contributed by atoms with E-state index in [1.807, 2.05) is 24.3 Å². The summed E-state index contributed by atoms with van der Waals surface area (Å²) in [6, 6.07) is 15.0. The number of carbonyl (C=O) groups is 1. The van der Waals surface area contributed by atoms with Crippen LogP contribution in [-0.2, 0) is 31.0 Å². The number of rotatable bonds is 10. The van der Waals surface area contributed by atoms with E-state index >= 15 is 0 Å². The number of methoxy groups -OCH3 is 1. The van der Waals surface area contributed by atoms with Crippen molar-refractivity contribution in [2.24, 2.45) is 0 Å². The zero-order chi connectivity index (χ0) is 27.2. The minimum absolute atomic E-state index is 0.0572. The maximum Gasteiger partial charge on any atom is 0.264 e. The lowest BCUT2D eigenvalue weighted by Crippen LogP contribution is -2.25. The lowest BCUT2D eigenvalue weighted by molar-refractivity contribution is 0.0943. The van der Waals surface area contributed by atoms with Crippen LogP contribution in [-0.4, -0.2) is 27.4 Å². The first-order valence-electron chi connectivity index (χ1n) is 11.9. The van der Waals surface area contributed by atoms with Crippen LogP contribution in [0, 0.1) is 12.7 Å². The highest BCUT2D eigenvalue weighted by molar-refractivity contribution is 5.95. The number of amides is 1. The Morgan fingerprint density at radius 3 is 2.45 bits per heavy atom. The molecule has 4 aromatic rings. The number of benzene rings is 2. The zero-order valence-corrected chi connectivity index (χ0v) is 21.0. The van der Waals surface area contributed by atoms with Crippen LogP contribution in [0.1, 0.15) is 50.3 Å². The fourth-order valence-electron chi connectivity index (χ4n) is 4.14. The molecule has 0 fully saturated rings. The summed E-state index contributed by atoms with van der Waals surface area (Å²) in [5, 5.41) is 6.97. The highest BCUT2D eigenvalue weighted by Gasteiger charge is 2.21. The van der Waals surface area contributed by atoms with Crippen molar-refractivity contribution in [1.29, 1.82) is 0 Å². The Morgan fingerprint density at radius 2 is 1.79 bits per heavy atom. The Hall–Kier alpha value is -4.18. The lowest BCUT2D eigenvalue weighted by atomic mass is 10.0. The summed E-state index contributed by atoms with van der Waals surface area (Å²) < 4.78 is 49.6. The van der Waals surface area contributed by atoms with Gasteiger partial charge in [-0.2, -0.15) is 5.10 Å². The van der Waals surface area contributed by atoms with Crippen LogP contribution in [0.2, 0.25) is 0 Å². The number of ether oxygens (including phenoxy) is 1. The molecule has 2 heterocycles. The van der Waals surface area contributed by atoms with E-state index in [-0.39, 0.29) is 23.3 Å². The van der Waals surface area contributed by atoms with Gasteiger partial charge in [0, 0.05) is 43.2 Å². The number of nitrogens with zero attached hydrogens (tertiary/aromatic N) is 3. The van der Waals surface area contributed by atoms with Gasteiger partial charge in [0.1, 0.15) is 11.5 Å². The van der Waals surface area contributed by atoms with Crippen LogP contribution >= 0.6 is 0 Å². The van der Waals surface area contributed by atoms with Crippen molar-refractivity contribution >= 4 is 5.91 Å². The second-order valence-electron chi connectivity index (χ2n) is 8.90. The average Bonchev–Trinajstić information content (AvgIpc) is 3.28. The maximum atomic E-state index is 14.4. The van der Waals surface area contributed by atoms with E-state index in [9.17, 15) is 22.8 Å². The highest BCUT2D eigenvalue weighted by Crippen LogP contribution is 2.26. The third-order valence-corrected chi connectivity index (χ3v) is 6.02. The minimum atomic E-state index is -2.87. The Labute approximate surface area is 217 Å². The van der Waals surface area contributed by atoms with Gasteiger partial charge in [0.05, 0.1) is 25.3 Å². The normalized spacial score (nSPS) is 11.2. The molecule has 7 nitrogen and oxygen atoms in total. The van der Waals surface area contributed by atoms with Crippen LogP contribution in [0.15, 0.2) is 71.8 Å². The monoisotopic (exact) mass is 524 g/mol. The van der Waals surface area contributed by atoms with Gasteiger partial charge in [0.2, 0.25) is 0 Å². The predicted octanol–water partition coefficient (Wildman–Crippen LogP) is 4.60. The van der Waals surface area contributed by atoms with Gasteiger partial charge in [0.25, 0.3) is 17.9 Å². The first-order valence-corrected chi connectivity index (χ1v) is 11.9. The second kappa shape index (κ2) is 11.9. The lowest BCUT2D eigenvalue weighted by Gasteiger charge is -2.12. The van der Waals surface area contributed by atoms with Crippen molar-refractivity contribution in [3.05, 3.63) is 122 Å². The van der Waals surface area contributed by atoms with Crippen LogP contribution < -0.4 is 10.9 Å². The summed E-state index contributed by atoms with van der Waals surface area (Å²) in [6.45, 7) is 1.99. The highest BCUT2D eigenvalue weighted by atomic mass is 19.3. The molecule has 0 radical (unpaired) electrons. The van der Waals surface area contributed by atoms with Crippen LogP contribution in [0.25, 0.3) is 0 Å². The average molecular weight is 525 g/mol. The van der Waals surface area contributed by atoms with Gasteiger partial charge in [-0.1, -0.05) is 30.3 Å². The molecule has 1 N–H and O–H groups in total. The van der Waals surface area contributed by atoms with Crippen LogP contribution in [0.3, 0.4) is 0 Å². The molecule has 0 saturated carbocycles. The van der Waals surface area contributed by atoms with E-state index in [2.05, 4.69) is 10.4 Å². The molecular weight excluding hydrogens is 497 g/mol. The summed E-state index contributed by atoms with van der Waals surface area (Å²) in [5.74, 6) is -1.37. The number of nitrogens with one attached hydrogen (secondary N) is 1. The molecule has 0 spiro atoms. The summed E-state index contributed by atoms with van der Waals surface area (Å²) >= 11 is 0. The zero-order valence-electron chi connectivity index (χ0n) is 21.0. The van der Waals surface area contributed by atoms with Gasteiger partial charge < -0.3 is 14.6 Å². The number of aryl methyl sites for hydroxylation is 1. The van der Waals surface area contributed by atoms with Gasteiger partial charge in [-0.3, -0.25) is 14.3 Å². The molecule has 0 atom stereocenters. The Bertz CT molecular complexity index is 1480. The van der Waals surface area contributed by atoms with Crippen LogP contribution in [0.4, 0.5) is 13.2 Å². The molecule has 198 valence electrons. The first kappa shape index (κ1) is 26.9. The number of carbonyl (C=O) groups excluding carboxylic acids is 1. The first-order chi connectivity index (χ1) is 18.2. The van der Waals surface area contributed by atoms with Crippen molar-refractivity contribution in [3.63, 3.8) is 0 Å². The largest absolute Gasteiger partial charge is 0.378 e. The molecule has 0 aliphatic rings.